The molecule has 0 unspecified atom stereocenters. The average molecular weight is 353 g/mol. The molecule has 24 heavy (non-hydrogen) atoms. The first-order chi connectivity index (χ1) is 11.1. The van der Waals surface area contributed by atoms with Crippen LogP contribution < -0.4 is 11.1 Å². The lowest BCUT2D eigenvalue weighted by Crippen LogP contribution is -2.49. The second-order valence-electron chi connectivity index (χ2n) is 6.32. The predicted molar refractivity (Wildman–Crippen MR) is 95.0 cm³/mol. The maximum absolute atomic E-state index is 12.3. The molecule has 1 aromatic rings. The normalized spacial score (nSPS) is 17.7. The van der Waals surface area contributed by atoms with Gasteiger partial charge in [-0.3, -0.25) is 4.79 Å². The van der Waals surface area contributed by atoms with Crippen molar-refractivity contribution in [2.24, 2.45) is 5.73 Å². The van der Waals surface area contributed by atoms with Gasteiger partial charge in [-0.15, -0.1) is 12.4 Å². The van der Waals surface area contributed by atoms with Crippen molar-refractivity contribution in [3.05, 3.63) is 35.4 Å². The molecule has 7 heteroatoms. The Morgan fingerprint density at radius 2 is 1.75 bits per heavy atom. The quantitative estimate of drug-likeness (QED) is 0.837. The lowest BCUT2D eigenvalue weighted by Gasteiger charge is -2.31. The lowest BCUT2D eigenvalue weighted by atomic mass is 10.0. The van der Waals surface area contributed by atoms with Crippen molar-refractivity contribution in [2.45, 2.75) is 31.8 Å². The maximum Gasteiger partial charge on any atom is 0.318 e. The Morgan fingerprint density at radius 3 is 2.46 bits per heavy atom. The van der Waals surface area contributed by atoms with E-state index in [1.54, 1.807) is 9.80 Å². The van der Waals surface area contributed by atoms with E-state index in [1.807, 2.05) is 12.1 Å². The maximum atomic E-state index is 12.3. The third kappa shape index (κ3) is 4.39. The predicted octanol–water partition coefficient (Wildman–Crippen LogP) is 1.13. The molecule has 2 aliphatic heterocycles. The van der Waals surface area contributed by atoms with E-state index in [2.05, 4.69) is 17.4 Å². The Morgan fingerprint density at radius 1 is 1.08 bits per heavy atom. The Labute approximate surface area is 148 Å². The number of amides is 3. The minimum absolute atomic E-state index is 0. The van der Waals surface area contributed by atoms with Gasteiger partial charge >= 0.3 is 6.03 Å². The molecule has 3 amide bonds. The van der Waals surface area contributed by atoms with Gasteiger partial charge < -0.3 is 20.9 Å². The zero-order valence-corrected chi connectivity index (χ0v) is 14.6. The lowest BCUT2D eigenvalue weighted by molar-refractivity contribution is -0.131. The topological polar surface area (TPSA) is 78.7 Å². The van der Waals surface area contributed by atoms with Crippen LogP contribution in [0.5, 0.6) is 0 Å². The number of nitrogens with two attached hydrogens (primary N) is 1. The summed E-state index contributed by atoms with van der Waals surface area (Å²) in [6.45, 7) is 2.73. The van der Waals surface area contributed by atoms with Crippen molar-refractivity contribution in [1.82, 2.24) is 15.1 Å². The van der Waals surface area contributed by atoms with Gasteiger partial charge in [0.05, 0.1) is 6.54 Å². The van der Waals surface area contributed by atoms with E-state index >= 15 is 0 Å². The van der Waals surface area contributed by atoms with E-state index in [4.69, 9.17) is 5.73 Å². The number of piperidine rings is 1. The number of hydrogen-bond donors (Lipinski definition) is 2. The zero-order chi connectivity index (χ0) is 16.2. The number of rotatable bonds is 2. The fraction of sp³-hybridized carbons (Fsp3) is 0.529. The van der Waals surface area contributed by atoms with Gasteiger partial charge in [0.1, 0.15) is 0 Å². The van der Waals surface area contributed by atoms with Crippen LogP contribution in [-0.4, -0.2) is 54.0 Å². The molecule has 0 saturated carbocycles. The Balaban J connectivity index is 0.00000208. The number of carbonyl (C=O) groups is 2. The molecule has 0 radical (unpaired) electrons. The monoisotopic (exact) mass is 352 g/mol. The summed E-state index contributed by atoms with van der Waals surface area (Å²) in [5.74, 6) is -0.0253. The van der Waals surface area contributed by atoms with Crippen LogP contribution in [0.15, 0.2) is 24.3 Å². The zero-order valence-electron chi connectivity index (χ0n) is 13.7. The van der Waals surface area contributed by atoms with Crippen molar-refractivity contribution >= 4 is 24.3 Å². The molecule has 2 heterocycles. The molecule has 1 fully saturated rings. The summed E-state index contributed by atoms with van der Waals surface area (Å²) in [5.41, 5.74) is 8.33. The van der Waals surface area contributed by atoms with Crippen LogP contribution in [0.3, 0.4) is 0 Å². The van der Waals surface area contributed by atoms with Gasteiger partial charge in [0.2, 0.25) is 5.91 Å². The first-order valence-corrected chi connectivity index (χ1v) is 8.26. The number of hydrogen-bond acceptors (Lipinski definition) is 3. The highest BCUT2D eigenvalue weighted by Crippen LogP contribution is 2.18. The molecular weight excluding hydrogens is 328 g/mol. The van der Waals surface area contributed by atoms with E-state index in [-0.39, 0.29) is 36.9 Å². The summed E-state index contributed by atoms with van der Waals surface area (Å²) in [4.78, 5) is 28.0. The number of likely N-dealkylation sites (tertiary alicyclic amines) is 1. The molecule has 1 aromatic carbocycles. The number of halogens is 1. The molecule has 0 spiro atoms. The summed E-state index contributed by atoms with van der Waals surface area (Å²) in [6.07, 6.45) is 2.53. The molecule has 132 valence electrons. The van der Waals surface area contributed by atoms with Gasteiger partial charge in [-0.05, 0) is 30.4 Å². The number of nitrogens with zero attached hydrogens (tertiary/aromatic N) is 2. The van der Waals surface area contributed by atoms with E-state index < -0.39 is 0 Å². The standard InChI is InChI=1S/C17H24N4O2.ClH/c18-15-6-9-20(10-7-15)16(22)11-19-17(23)21-8-5-13-3-1-2-4-14(13)12-21;/h1-4,15H,5-12,18H2,(H,19,23);1H. The fourth-order valence-electron chi connectivity index (χ4n) is 3.19. The third-order valence-electron chi connectivity index (χ3n) is 4.70. The molecule has 0 bridgehead atoms. The second-order valence-corrected chi connectivity index (χ2v) is 6.32. The molecule has 6 nitrogen and oxygen atoms in total. The van der Waals surface area contributed by atoms with Crippen LogP contribution in [0.4, 0.5) is 4.79 Å². The highest BCUT2D eigenvalue weighted by molar-refractivity contribution is 5.85. The summed E-state index contributed by atoms with van der Waals surface area (Å²) in [5, 5.41) is 2.76. The van der Waals surface area contributed by atoms with Gasteiger partial charge in [0.15, 0.2) is 0 Å². The van der Waals surface area contributed by atoms with Gasteiger partial charge in [-0.2, -0.15) is 0 Å². The fourth-order valence-corrected chi connectivity index (χ4v) is 3.19. The first kappa shape index (κ1) is 18.5. The largest absolute Gasteiger partial charge is 0.341 e. The van der Waals surface area contributed by atoms with Crippen LogP contribution in [0.2, 0.25) is 0 Å². The molecule has 0 aliphatic carbocycles. The number of benzene rings is 1. The van der Waals surface area contributed by atoms with Crippen LogP contribution in [0.1, 0.15) is 24.0 Å². The summed E-state index contributed by atoms with van der Waals surface area (Å²) in [7, 11) is 0. The minimum atomic E-state index is -0.165. The Bertz CT molecular complexity index is 588. The molecule has 2 aliphatic rings. The molecule has 0 aromatic heterocycles. The van der Waals surface area contributed by atoms with Crippen LogP contribution >= 0.6 is 12.4 Å². The van der Waals surface area contributed by atoms with Gasteiger partial charge in [-0.1, -0.05) is 24.3 Å². The van der Waals surface area contributed by atoms with Crippen molar-refractivity contribution in [3.63, 3.8) is 0 Å². The smallest absolute Gasteiger partial charge is 0.318 e. The van der Waals surface area contributed by atoms with Crippen molar-refractivity contribution < 1.29 is 9.59 Å². The van der Waals surface area contributed by atoms with Crippen molar-refractivity contribution in [2.75, 3.05) is 26.2 Å². The molecular formula is C17H25ClN4O2. The third-order valence-corrected chi connectivity index (χ3v) is 4.70. The second kappa shape index (κ2) is 8.35. The van der Waals surface area contributed by atoms with Crippen LogP contribution in [0, 0.1) is 0 Å². The Kier molecular flexibility index (Phi) is 6.45. The molecule has 3 rings (SSSR count). The SMILES string of the molecule is Cl.NC1CCN(C(=O)CNC(=O)N2CCc3ccccc3C2)CC1. The van der Waals surface area contributed by atoms with Gasteiger partial charge in [-0.25, -0.2) is 4.79 Å². The number of nitrogens with one attached hydrogen (secondary N) is 1. The average Bonchev–Trinajstić information content (AvgIpc) is 2.59. The summed E-state index contributed by atoms with van der Waals surface area (Å²) in [6, 6.07) is 8.21. The minimum Gasteiger partial charge on any atom is -0.341 e. The van der Waals surface area contributed by atoms with Gasteiger partial charge in [0, 0.05) is 32.2 Å². The van der Waals surface area contributed by atoms with E-state index in [9.17, 15) is 9.59 Å². The van der Waals surface area contributed by atoms with Crippen LogP contribution in [0.25, 0.3) is 0 Å². The highest BCUT2D eigenvalue weighted by Gasteiger charge is 2.23. The highest BCUT2D eigenvalue weighted by atomic mass is 35.5. The van der Waals surface area contributed by atoms with Crippen molar-refractivity contribution in [3.8, 4) is 0 Å². The summed E-state index contributed by atoms with van der Waals surface area (Å²) < 4.78 is 0. The van der Waals surface area contributed by atoms with E-state index in [1.165, 1.54) is 11.1 Å². The Hall–Kier alpha value is -1.79. The van der Waals surface area contributed by atoms with E-state index in [0.29, 0.717) is 26.2 Å². The number of fused-ring (bicyclic) bond motifs is 1. The molecule has 0 atom stereocenters. The van der Waals surface area contributed by atoms with E-state index in [0.717, 1.165) is 19.3 Å². The summed E-state index contributed by atoms with van der Waals surface area (Å²) >= 11 is 0. The van der Waals surface area contributed by atoms with Crippen molar-refractivity contribution in [1.29, 1.82) is 0 Å². The molecule has 1 saturated heterocycles. The number of carbonyl (C=O) groups excluding carboxylic acids is 2. The van der Waals surface area contributed by atoms with Crippen LogP contribution in [-0.2, 0) is 17.8 Å². The molecule has 3 N–H and O–H groups in total. The first-order valence-electron chi connectivity index (χ1n) is 8.26. The van der Waals surface area contributed by atoms with Gasteiger partial charge in [0.25, 0.3) is 0 Å². The number of urea groups is 1.